The third-order valence-corrected chi connectivity index (χ3v) is 5.02. The number of carbonyl (C=O) groups is 1. The highest BCUT2D eigenvalue weighted by atomic mass is 35.7. The fourth-order valence-electron chi connectivity index (χ4n) is 1.78. The first-order valence-electron chi connectivity index (χ1n) is 6.62. The van der Waals surface area contributed by atoms with Crippen molar-refractivity contribution in [2.75, 3.05) is 7.11 Å². The topological polar surface area (TPSA) is 72.5 Å². The van der Waals surface area contributed by atoms with Gasteiger partial charge < -0.3 is 10.1 Å². The van der Waals surface area contributed by atoms with Gasteiger partial charge in [-0.1, -0.05) is 13.8 Å². The average molecular weight is 334 g/mol. The van der Waals surface area contributed by atoms with Crippen LogP contribution in [0.1, 0.15) is 44.0 Å². The van der Waals surface area contributed by atoms with Crippen LogP contribution in [0.4, 0.5) is 0 Å². The molecule has 0 fully saturated rings. The molecule has 0 aliphatic rings. The number of ether oxygens (including phenoxy) is 1. The predicted octanol–water partition coefficient (Wildman–Crippen LogP) is 2.93. The number of hydrogen-bond donors (Lipinski definition) is 1. The van der Waals surface area contributed by atoms with Crippen molar-refractivity contribution in [1.29, 1.82) is 0 Å². The highest BCUT2D eigenvalue weighted by Gasteiger charge is 2.25. The van der Waals surface area contributed by atoms with Crippen molar-refractivity contribution in [3.8, 4) is 5.75 Å². The van der Waals surface area contributed by atoms with Crippen molar-refractivity contribution in [2.45, 2.75) is 44.0 Å². The van der Waals surface area contributed by atoms with Crippen molar-refractivity contribution < 1.29 is 17.9 Å². The van der Waals surface area contributed by atoms with E-state index in [-0.39, 0.29) is 21.9 Å². The smallest absolute Gasteiger partial charge is 0.261 e. The van der Waals surface area contributed by atoms with Crippen molar-refractivity contribution in [1.82, 2.24) is 5.32 Å². The number of nitrogens with one attached hydrogen (secondary N) is 1. The lowest BCUT2D eigenvalue weighted by Gasteiger charge is -2.28. The van der Waals surface area contributed by atoms with E-state index in [1.54, 1.807) is 0 Å². The first kappa shape index (κ1) is 17.8. The lowest BCUT2D eigenvalue weighted by molar-refractivity contribution is 0.0897. The van der Waals surface area contributed by atoms with Gasteiger partial charge in [0.15, 0.2) is 0 Å². The van der Waals surface area contributed by atoms with Gasteiger partial charge in [0.25, 0.3) is 15.0 Å². The van der Waals surface area contributed by atoms with Crippen LogP contribution in [0.2, 0.25) is 0 Å². The second-order valence-electron chi connectivity index (χ2n) is 5.02. The third kappa shape index (κ3) is 4.35. The average Bonchev–Trinajstić information content (AvgIpc) is 2.45. The van der Waals surface area contributed by atoms with Crippen LogP contribution in [0.15, 0.2) is 23.1 Å². The first-order valence-corrected chi connectivity index (χ1v) is 8.93. The second kappa shape index (κ2) is 6.66. The quantitative estimate of drug-likeness (QED) is 0.812. The molecule has 0 bridgehead atoms. The Labute approximate surface area is 130 Å². The van der Waals surface area contributed by atoms with Gasteiger partial charge in [0, 0.05) is 16.2 Å². The molecule has 0 atom stereocenters. The second-order valence-corrected chi connectivity index (χ2v) is 7.59. The molecule has 0 heterocycles. The lowest BCUT2D eigenvalue weighted by Crippen LogP contribution is -2.45. The molecule has 0 saturated heterocycles. The summed E-state index contributed by atoms with van der Waals surface area (Å²) in [5.74, 6) is -0.0914. The maximum atomic E-state index is 12.4. The standard InChI is InChI=1S/C14H20ClNO4S/c1-5-14(3,6-2)16-13(17)11-9-10(21(15,18)19)7-8-12(11)20-4/h7-9H,5-6H2,1-4H3,(H,16,17). The number of methoxy groups -OCH3 is 1. The van der Waals surface area contributed by atoms with E-state index in [0.717, 1.165) is 12.8 Å². The molecule has 1 rings (SSSR count). The van der Waals surface area contributed by atoms with Crippen LogP contribution < -0.4 is 10.1 Å². The zero-order valence-electron chi connectivity index (χ0n) is 12.6. The molecule has 118 valence electrons. The van der Waals surface area contributed by atoms with Crippen molar-refractivity contribution >= 4 is 25.6 Å². The molecular formula is C14H20ClNO4S. The molecule has 7 heteroatoms. The highest BCUT2D eigenvalue weighted by molar-refractivity contribution is 8.13. The molecule has 0 unspecified atom stereocenters. The number of benzene rings is 1. The third-order valence-electron chi connectivity index (χ3n) is 3.67. The predicted molar refractivity (Wildman–Crippen MR) is 82.5 cm³/mol. The van der Waals surface area contributed by atoms with E-state index in [1.165, 1.54) is 25.3 Å². The van der Waals surface area contributed by atoms with E-state index in [9.17, 15) is 13.2 Å². The minimum Gasteiger partial charge on any atom is -0.496 e. The molecule has 0 radical (unpaired) electrons. The number of amides is 1. The maximum absolute atomic E-state index is 12.4. The van der Waals surface area contributed by atoms with Crippen LogP contribution in [-0.2, 0) is 9.05 Å². The van der Waals surface area contributed by atoms with Crippen LogP contribution in [0, 0.1) is 0 Å². The zero-order valence-corrected chi connectivity index (χ0v) is 14.1. The number of halogens is 1. The molecule has 5 nitrogen and oxygen atoms in total. The largest absolute Gasteiger partial charge is 0.496 e. The summed E-state index contributed by atoms with van der Waals surface area (Å²) in [7, 11) is 2.83. The summed E-state index contributed by atoms with van der Waals surface area (Å²) in [6, 6.07) is 3.94. The van der Waals surface area contributed by atoms with Crippen LogP contribution in [0.25, 0.3) is 0 Å². The Kier molecular flexibility index (Phi) is 5.64. The summed E-state index contributed by atoms with van der Waals surface area (Å²) < 4.78 is 27.9. The van der Waals surface area contributed by atoms with Crippen molar-refractivity contribution in [2.24, 2.45) is 0 Å². The molecule has 0 aliphatic carbocycles. The Hall–Kier alpha value is -1.27. The number of hydrogen-bond acceptors (Lipinski definition) is 4. The summed E-state index contributed by atoms with van der Waals surface area (Å²) in [5.41, 5.74) is -0.217. The van der Waals surface area contributed by atoms with E-state index in [1.807, 2.05) is 20.8 Å². The summed E-state index contributed by atoms with van der Waals surface area (Å²) in [6.07, 6.45) is 1.51. The molecule has 0 spiro atoms. The Balaban J connectivity index is 3.24. The van der Waals surface area contributed by atoms with E-state index < -0.39 is 9.05 Å². The Morgan fingerprint density at radius 1 is 1.33 bits per heavy atom. The normalized spacial score (nSPS) is 12.0. The van der Waals surface area contributed by atoms with Gasteiger partial charge in [-0.2, -0.15) is 0 Å². The molecule has 21 heavy (non-hydrogen) atoms. The molecule has 0 aromatic heterocycles. The van der Waals surface area contributed by atoms with Crippen LogP contribution in [-0.4, -0.2) is 27.0 Å². The molecular weight excluding hydrogens is 314 g/mol. The van der Waals surface area contributed by atoms with Gasteiger partial charge >= 0.3 is 0 Å². The monoisotopic (exact) mass is 333 g/mol. The fraction of sp³-hybridized carbons (Fsp3) is 0.500. The molecule has 0 aliphatic heterocycles. The van der Waals surface area contributed by atoms with E-state index in [4.69, 9.17) is 15.4 Å². The van der Waals surface area contributed by atoms with Gasteiger partial charge in [-0.25, -0.2) is 8.42 Å². The van der Waals surface area contributed by atoms with Gasteiger partial charge in [-0.15, -0.1) is 0 Å². The van der Waals surface area contributed by atoms with Crippen LogP contribution in [0.3, 0.4) is 0 Å². The molecule has 1 aromatic rings. The molecule has 0 saturated carbocycles. The Morgan fingerprint density at radius 2 is 1.90 bits per heavy atom. The van der Waals surface area contributed by atoms with Gasteiger partial charge in [-0.05, 0) is 38.0 Å². The summed E-state index contributed by atoms with van der Waals surface area (Å²) >= 11 is 0. The fourth-order valence-corrected chi connectivity index (χ4v) is 2.56. The minimum absolute atomic E-state index is 0.134. The van der Waals surface area contributed by atoms with Gasteiger partial charge in [-0.3, -0.25) is 4.79 Å². The maximum Gasteiger partial charge on any atom is 0.261 e. The minimum atomic E-state index is -3.90. The van der Waals surface area contributed by atoms with E-state index in [2.05, 4.69) is 5.32 Å². The zero-order chi connectivity index (χ0) is 16.3. The van der Waals surface area contributed by atoms with Gasteiger partial charge in [0.1, 0.15) is 5.75 Å². The van der Waals surface area contributed by atoms with E-state index in [0.29, 0.717) is 5.75 Å². The van der Waals surface area contributed by atoms with E-state index >= 15 is 0 Å². The molecule has 1 amide bonds. The van der Waals surface area contributed by atoms with Crippen molar-refractivity contribution in [3.05, 3.63) is 23.8 Å². The number of rotatable bonds is 6. The molecule has 1 aromatic carbocycles. The SMILES string of the molecule is CCC(C)(CC)NC(=O)c1cc(S(=O)(=O)Cl)ccc1OC. The highest BCUT2D eigenvalue weighted by Crippen LogP contribution is 2.25. The Bertz CT molecular complexity index is 624. The van der Waals surface area contributed by atoms with Crippen molar-refractivity contribution in [3.63, 3.8) is 0 Å². The number of carbonyl (C=O) groups excluding carboxylic acids is 1. The molecule has 1 N–H and O–H groups in total. The van der Waals surface area contributed by atoms with Gasteiger partial charge in [0.2, 0.25) is 0 Å². The summed E-state index contributed by atoms with van der Waals surface area (Å²) in [6.45, 7) is 5.88. The van der Waals surface area contributed by atoms with Crippen LogP contribution in [0.5, 0.6) is 5.75 Å². The summed E-state index contributed by atoms with van der Waals surface area (Å²) in [4.78, 5) is 12.3. The van der Waals surface area contributed by atoms with Crippen LogP contribution >= 0.6 is 10.7 Å². The van der Waals surface area contributed by atoms with Gasteiger partial charge in [0.05, 0.1) is 17.6 Å². The Morgan fingerprint density at radius 3 is 2.33 bits per heavy atom. The summed E-state index contributed by atoms with van der Waals surface area (Å²) in [5, 5.41) is 2.91. The first-order chi connectivity index (χ1) is 9.66. The lowest BCUT2D eigenvalue weighted by atomic mass is 9.95.